The highest BCUT2D eigenvalue weighted by Crippen LogP contribution is 2.38. The van der Waals surface area contributed by atoms with Crippen molar-refractivity contribution < 1.29 is 18.8 Å². The van der Waals surface area contributed by atoms with E-state index in [9.17, 15) is 18.8 Å². The van der Waals surface area contributed by atoms with E-state index in [1.165, 1.54) is 12.1 Å². The van der Waals surface area contributed by atoms with Crippen LogP contribution in [0.15, 0.2) is 24.3 Å². The van der Waals surface area contributed by atoms with Crippen LogP contribution in [0.25, 0.3) is 0 Å². The molecule has 3 atom stereocenters. The molecular weight excluding hydrogens is 361 g/mol. The zero-order chi connectivity index (χ0) is 20.3. The molecule has 0 radical (unpaired) electrons. The number of carbonyl (C=O) groups excluding carboxylic acids is 3. The van der Waals surface area contributed by atoms with Crippen LogP contribution in [0.4, 0.5) is 9.18 Å². The molecule has 7 heteroatoms. The molecule has 2 N–H and O–H groups in total. The number of urea groups is 1. The minimum Gasteiger partial charge on any atom is -0.352 e. The number of imide groups is 1. The summed E-state index contributed by atoms with van der Waals surface area (Å²) in [5.41, 5.74) is 0.147. The van der Waals surface area contributed by atoms with Crippen molar-refractivity contribution in [2.24, 2.45) is 5.92 Å². The van der Waals surface area contributed by atoms with Crippen molar-refractivity contribution in [1.29, 1.82) is 0 Å². The molecule has 0 bridgehead atoms. The molecule has 1 spiro atoms. The number of hydrogen-bond acceptors (Lipinski definition) is 3. The quantitative estimate of drug-likeness (QED) is 0.735. The van der Waals surface area contributed by atoms with Gasteiger partial charge < -0.3 is 10.6 Å². The molecule has 1 aliphatic carbocycles. The molecule has 4 amide bonds. The molecule has 1 saturated carbocycles. The van der Waals surface area contributed by atoms with Crippen LogP contribution in [-0.2, 0) is 16.0 Å². The highest BCUT2D eigenvalue weighted by Gasteiger charge is 2.55. The first-order valence-electron chi connectivity index (χ1n) is 10.00. The SMILES string of the molecule is C[C@H](CCc1ccc(F)cc1)NC(=O)CN1C(=O)N[C@]2(CCCC[C@H]2C)C1=O. The third kappa shape index (κ3) is 4.18. The first-order valence-corrected chi connectivity index (χ1v) is 10.00. The van der Waals surface area contributed by atoms with Crippen molar-refractivity contribution in [3.63, 3.8) is 0 Å². The molecule has 152 valence electrons. The van der Waals surface area contributed by atoms with Crippen LogP contribution in [0.5, 0.6) is 0 Å². The predicted molar refractivity (Wildman–Crippen MR) is 103 cm³/mol. The normalized spacial score (nSPS) is 25.7. The topological polar surface area (TPSA) is 78.5 Å². The summed E-state index contributed by atoms with van der Waals surface area (Å²) in [4.78, 5) is 38.7. The first-order chi connectivity index (χ1) is 13.3. The largest absolute Gasteiger partial charge is 0.352 e. The van der Waals surface area contributed by atoms with E-state index in [1.807, 2.05) is 13.8 Å². The van der Waals surface area contributed by atoms with Crippen LogP contribution < -0.4 is 10.6 Å². The number of rotatable bonds is 6. The van der Waals surface area contributed by atoms with Gasteiger partial charge in [-0.2, -0.15) is 0 Å². The summed E-state index contributed by atoms with van der Waals surface area (Å²) in [6.45, 7) is 3.59. The number of carbonyl (C=O) groups is 3. The second-order valence-corrected chi connectivity index (χ2v) is 8.07. The molecule has 6 nitrogen and oxygen atoms in total. The Labute approximate surface area is 164 Å². The Morgan fingerprint density at radius 1 is 1.32 bits per heavy atom. The van der Waals surface area contributed by atoms with E-state index in [0.717, 1.165) is 29.7 Å². The van der Waals surface area contributed by atoms with Crippen molar-refractivity contribution in [2.75, 3.05) is 6.54 Å². The van der Waals surface area contributed by atoms with E-state index in [2.05, 4.69) is 10.6 Å². The lowest BCUT2D eigenvalue weighted by atomic mass is 9.73. The zero-order valence-corrected chi connectivity index (χ0v) is 16.5. The Bertz CT molecular complexity index is 752. The van der Waals surface area contributed by atoms with Crippen molar-refractivity contribution in [3.8, 4) is 0 Å². The molecule has 1 aromatic rings. The number of nitrogens with zero attached hydrogens (tertiary/aromatic N) is 1. The van der Waals surface area contributed by atoms with E-state index in [0.29, 0.717) is 19.3 Å². The molecule has 1 aromatic carbocycles. The third-order valence-corrected chi connectivity index (χ3v) is 5.99. The molecule has 2 fully saturated rings. The monoisotopic (exact) mass is 389 g/mol. The number of halogens is 1. The molecule has 0 unspecified atom stereocenters. The average Bonchev–Trinajstić information content (AvgIpc) is 2.89. The standard InChI is InChI=1S/C21H28FN3O3/c1-14-5-3-4-12-21(14)19(27)25(20(28)24-21)13-18(26)23-15(2)6-7-16-8-10-17(22)11-9-16/h8-11,14-15H,3-7,12-13H2,1-2H3,(H,23,26)(H,24,28)/t14-,15-,21+/m1/s1. The predicted octanol–water partition coefficient (Wildman–Crippen LogP) is 2.76. The van der Waals surface area contributed by atoms with Gasteiger partial charge in [0.1, 0.15) is 17.9 Å². The maximum atomic E-state index is 12.9. The smallest absolute Gasteiger partial charge is 0.325 e. The van der Waals surface area contributed by atoms with Crippen LogP contribution in [0.2, 0.25) is 0 Å². The Morgan fingerprint density at radius 2 is 2.04 bits per heavy atom. The van der Waals surface area contributed by atoms with Gasteiger partial charge in [-0.1, -0.05) is 31.9 Å². The molecule has 0 aromatic heterocycles. The number of nitrogens with one attached hydrogen (secondary N) is 2. The second kappa shape index (κ2) is 8.29. The third-order valence-electron chi connectivity index (χ3n) is 5.99. The molecule has 3 rings (SSSR count). The lowest BCUT2D eigenvalue weighted by Gasteiger charge is -2.36. The summed E-state index contributed by atoms with van der Waals surface area (Å²) >= 11 is 0. The van der Waals surface area contributed by atoms with E-state index >= 15 is 0 Å². The van der Waals surface area contributed by atoms with Crippen LogP contribution in [0.1, 0.15) is 51.5 Å². The van der Waals surface area contributed by atoms with E-state index in [1.54, 1.807) is 12.1 Å². The number of hydrogen-bond donors (Lipinski definition) is 2. The molecule has 1 aliphatic heterocycles. The van der Waals surface area contributed by atoms with Gasteiger partial charge in [0.2, 0.25) is 5.91 Å². The fourth-order valence-electron chi connectivity index (χ4n) is 4.21. The molecule has 2 aliphatic rings. The second-order valence-electron chi connectivity index (χ2n) is 8.07. The van der Waals surface area contributed by atoms with Gasteiger partial charge in [-0.05, 0) is 56.2 Å². The summed E-state index contributed by atoms with van der Waals surface area (Å²) in [6, 6.07) is 5.68. The highest BCUT2D eigenvalue weighted by molar-refractivity contribution is 6.09. The summed E-state index contributed by atoms with van der Waals surface area (Å²) in [5.74, 6) is -0.835. The van der Waals surface area contributed by atoms with E-state index in [-0.39, 0.29) is 36.1 Å². The maximum Gasteiger partial charge on any atom is 0.325 e. The summed E-state index contributed by atoms with van der Waals surface area (Å²) in [5, 5.41) is 5.70. The summed E-state index contributed by atoms with van der Waals surface area (Å²) in [6.07, 6.45) is 4.86. The average molecular weight is 389 g/mol. The highest BCUT2D eigenvalue weighted by atomic mass is 19.1. The zero-order valence-electron chi connectivity index (χ0n) is 16.5. The molecular formula is C21H28FN3O3. The van der Waals surface area contributed by atoms with Gasteiger partial charge in [0.15, 0.2) is 0 Å². The molecule has 28 heavy (non-hydrogen) atoms. The lowest BCUT2D eigenvalue weighted by molar-refractivity contribution is -0.137. The number of aryl methyl sites for hydroxylation is 1. The number of benzene rings is 1. The van der Waals surface area contributed by atoms with Gasteiger partial charge >= 0.3 is 6.03 Å². The minimum atomic E-state index is -0.843. The van der Waals surface area contributed by atoms with Gasteiger partial charge in [0.25, 0.3) is 5.91 Å². The summed E-state index contributed by atoms with van der Waals surface area (Å²) in [7, 11) is 0. The van der Waals surface area contributed by atoms with Crippen molar-refractivity contribution >= 4 is 17.8 Å². The van der Waals surface area contributed by atoms with Gasteiger partial charge in [-0.15, -0.1) is 0 Å². The van der Waals surface area contributed by atoms with Gasteiger partial charge in [-0.3, -0.25) is 14.5 Å². The van der Waals surface area contributed by atoms with Crippen molar-refractivity contribution in [3.05, 3.63) is 35.6 Å². The molecule has 1 saturated heterocycles. The van der Waals surface area contributed by atoms with Crippen LogP contribution in [-0.4, -0.2) is 40.9 Å². The van der Waals surface area contributed by atoms with E-state index in [4.69, 9.17) is 0 Å². The van der Waals surface area contributed by atoms with Gasteiger partial charge in [-0.25, -0.2) is 9.18 Å². The minimum absolute atomic E-state index is 0.0698. The lowest BCUT2D eigenvalue weighted by Crippen LogP contribution is -2.54. The number of amides is 4. The summed E-state index contributed by atoms with van der Waals surface area (Å²) < 4.78 is 12.9. The Kier molecular flexibility index (Phi) is 6.01. The Morgan fingerprint density at radius 3 is 2.71 bits per heavy atom. The Balaban J connectivity index is 1.52. The van der Waals surface area contributed by atoms with Crippen LogP contribution in [0.3, 0.4) is 0 Å². The fraction of sp³-hybridized carbons (Fsp3) is 0.571. The maximum absolute atomic E-state index is 12.9. The van der Waals surface area contributed by atoms with Crippen LogP contribution >= 0.6 is 0 Å². The Hall–Kier alpha value is -2.44. The first kappa shape index (κ1) is 20.3. The van der Waals surface area contributed by atoms with Crippen LogP contribution in [0, 0.1) is 11.7 Å². The fourth-order valence-corrected chi connectivity index (χ4v) is 4.21. The van der Waals surface area contributed by atoms with Crippen molar-refractivity contribution in [1.82, 2.24) is 15.5 Å². The van der Waals surface area contributed by atoms with Gasteiger partial charge in [0, 0.05) is 6.04 Å². The molecule has 1 heterocycles. The van der Waals surface area contributed by atoms with Gasteiger partial charge in [0.05, 0.1) is 0 Å². The van der Waals surface area contributed by atoms with E-state index < -0.39 is 11.6 Å². The van der Waals surface area contributed by atoms with Crippen molar-refractivity contribution in [2.45, 2.75) is 64.0 Å².